The maximum Gasteiger partial charge on any atom is 0.174 e. The average Bonchev–Trinajstić information content (AvgIpc) is 2.27. The highest BCUT2D eigenvalue weighted by Gasteiger charge is 2.13. The van der Waals surface area contributed by atoms with Gasteiger partial charge in [-0.1, -0.05) is 41.4 Å². The van der Waals surface area contributed by atoms with E-state index in [1.807, 2.05) is 32.0 Å². The van der Waals surface area contributed by atoms with E-state index >= 15 is 0 Å². The highest BCUT2D eigenvalue weighted by Crippen LogP contribution is 2.32. The zero-order valence-electron chi connectivity index (χ0n) is 8.83. The first-order valence-electron chi connectivity index (χ1n) is 4.72. The minimum Gasteiger partial charge on any atom is -0.128 e. The Bertz CT molecular complexity index is 491. The van der Waals surface area contributed by atoms with Crippen molar-refractivity contribution < 1.29 is 0 Å². The van der Waals surface area contributed by atoms with Crippen LogP contribution in [-0.4, -0.2) is 15.4 Å². The van der Waals surface area contributed by atoms with Gasteiger partial charge in [0.1, 0.15) is 10.7 Å². The zero-order chi connectivity index (χ0) is 11.7. The second-order valence-corrected chi connectivity index (χ2v) is 4.23. The molecule has 0 N–H and O–H groups in total. The van der Waals surface area contributed by atoms with Crippen LogP contribution < -0.4 is 0 Å². The van der Waals surface area contributed by atoms with Crippen molar-refractivity contribution >= 4 is 23.2 Å². The molecule has 0 saturated carbocycles. The van der Waals surface area contributed by atoms with Gasteiger partial charge in [-0.15, -0.1) is 10.2 Å². The molecule has 2 rings (SSSR count). The molecule has 2 aromatic rings. The fourth-order valence-corrected chi connectivity index (χ4v) is 1.77. The third kappa shape index (κ3) is 1.88. The van der Waals surface area contributed by atoms with Crippen molar-refractivity contribution in [2.24, 2.45) is 0 Å². The van der Waals surface area contributed by atoms with Crippen LogP contribution in [0.15, 0.2) is 18.2 Å². The summed E-state index contributed by atoms with van der Waals surface area (Å²) in [6.07, 6.45) is 0. The van der Waals surface area contributed by atoms with Gasteiger partial charge in [0.25, 0.3) is 0 Å². The van der Waals surface area contributed by atoms with Gasteiger partial charge < -0.3 is 0 Å². The second-order valence-electron chi connectivity index (χ2n) is 3.49. The Labute approximate surface area is 103 Å². The Morgan fingerprint density at radius 2 is 1.81 bits per heavy atom. The molecule has 0 aliphatic heterocycles. The molecule has 82 valence electrons. The fourth-order valence-electron chi connectivity index (χ4n) is 1.47. The van der Waals surface area contributed by atoms with Gasteiger partial charge in [0.15, 0.2) is 5.15 Å². The molecule has 1 aromatic carbocycles. The molecule has 0 aliphatic carbocycles. The zero-order valence-corrected chi connectivity index (χ0v) is 10.3. The average molecular weight is 254 g/mol. The van der Waals surface area contributed by atoms with E-state index in [0.29, 0.717) is 10.7 Å². The van der Waals surface area contributed by atoms with Gasteiger partial charge in [-0.3, -0.25) is 0 Å². The topological polar surface area (TPSA) is 38.7 Å². The van der Waals surface area contributed by atoms with Gasteiger partial charge in [0.2, 0.25) is 0 Å². The van der Waals surface area contributed by atoms with Gasteiger partial charge in [0, 0.05) is 5.56 Å². The Kier molecular flexibility index (Phi) is 3.08. The number of halogens is 2. The second kappa shape index (κ2) is 4.36. The molecular weight excluding hydrogens is 245 g/mol. The Morgan fingerprint density at radius 1 is 1.06 bits per heavy atom. The predicted molar refractivity (Wildman–Crippen MR) is 64.8 cm³/mol. The van der Waals surface area contributed by atoms with Crippen molar-refractivity contribution in [1.82, 2.24) is 15.4 Å². The molecule has 1 aromatic heterocycles. The van der Waals surface area contributed by atoms with Crippen molar-refractivity contribution in [3.63, 3.8) is 0 Å². The van der Waals surface area contributed by atoms with Crippen molar-refractivity contribution in [3.05, 3.63) is 39.5 Å². The lowest BCUT2D eigenvalue weighted by Gasteiger charge is -2.08. The van der Waals surface area contributed by atoms with Crippen LogP contribution in [0.4, 0.5) is 0 Å². The van der Waals surface area contributed by atoms with Crippen LogP contribution in [0.1, 0.15) is 11.1 Å². The molecule has 3 nitrogen and oxygen atoms in total. The van der Waals surface area contributed by atoms with E-state index in [-0.39, 0.29) is 5.15 Å². The molecule has 0 unspecified atom stereocenters. The van der Waals surface area contributed by atoms with E-state index in [2.05, 4.69) is 15.4 Å². The molecule has 0 aliphatic rings. The van der Waals surface area contributed by atoms with E-state index in [1.165, 1.54) is 5.56 Å². The summed E-state index contributed by atoms with van der Waals surface area (Å²) in [6, 6.07) is 5.92. The van der Waals surface area contributed by atoms with Crippen LogP contribution in [0.3, 0.4) is 0 Å². The third-order valence-corrected chi connectivity index (χ3v) is 3.25. The molecule has 0 bridgehead atoms. The number of aromatic nitrogens is 3. The van der Waals surface area contributed by atoms with Crippen molar-refractivity contribution in [1.29, 1.82) is 0 Å². The van der Waals surface area contributed by atoms with Crippen molar-refractivity contribution in [3.8, 4) is 11.3 Å². The maximum atomic E-state index is 6.06. The van der Waals surface area contributed by atoms with E-state index in [0.717, 1.165) is 11.1 Å². The SMILES string of the molecule is Cc1cccc(-c2nnnc(Cl)c2Cl)c1C. The number of aryl methyl sites for hydroxylation is 1. The summed E-state index contributed by atoms with van der Waals surface area (Å²) in [5.74, 6) is 0. The maximum absolute atomic E-state index is 6.06. The lowest BCUT2D eigenvalue weighted by Crippen LogP contribution is -1.96. The monoisotopic (exact) mass is 253 g/mol. The summed E-state index contributed by atoms with van der Waals surface area (Å²) in [7, 11) is 0. The third-order valence-electron chi connectivity index (χ3n) is 2.53. The molecule has 0 radical (unpaired) electrons. The molecule has 1 heterocycles. The number of rotatable bonds is 1. The summed E-state index contributed by atoms with van der Waals surface area (Å²) < 4.78 is 0. The van der Waals surface area contributed by atoms with Crippen LogP contribution in [0.5, 0.6) is 0 Å². The fraction of sp³-hybridized carbons (Fsp3) is 0.182. The molecule has 0 spiro atoms. The van der Waals surface area contributed by atoms with Gasteiger partial charge in [0.05, 0.1) is 0 Å². The Balaban J connectivity index is 2.68. The number of benzene rings is 1. The summed E-state index contributed by atoms with van der Waals surface area (Å²) in [5, 5.41) is 11.6. The van der Waals surface area contributed by atoms with Crippen LogP contribution in [-0.2, 0) is 0 Å². The molecule has 0 atom stereocenters. The van der Waals surface area contributed by atoms with E-state index in [4.69, 9.17) is 23.2 Å². The van der Waals surface area contributed by atoms with Gasteiger partial charge in [-0.2, -0.15) is 0 Å². The normalized spacial score (nSPS) is 10.5. The van der Waals surface area contributed by atoms with E-state index < -0.39 is 0 Å². The van der Waals surface area contributed by atoms with Gasteiger partial charge in [-0.05, 0) is 30.2 Å². The lowest BCUT2D eigenvalue weighted by atomic mass is 10.0. The van der Waals surface area contributed by atoms with Crippen molar-refractivity contribution in [2.75, 3.05) is 0 Å². The van der Waals surface area contributed by atoms with Crippen LogP contribution in [0, 0.1) is 13.8 Å². The van der Waals surface area contributed by atoms with Crippen LogP contribution in [0.25, 0.3) is 11.3 Å². The van der Waals surface area contributed by atoms with E-state index in [1.54, 1.807) is 0 Å². The standard InChI is InChI=1S/C11H9Cl2N3/c1-6-4-3-5-8(7(6)2)10-9(12)11(13)15-16-14-10/h3-5H,1-2H3. The molecule has 16 heavy (non-hydrogen) atoms. The first-order valence-corrected chi connectivity index (χ1v) is 5.48. The Morgan fingerprint density at radius 3 is 2.56 bits per heavy atom. The Hall–Kier alpha value is -1.19. The molecule has 0 amide bonds. The van der Waals surface area contributed by atoms with Crippen LogP contribution in [0.2, 0.25) is 10.2 Å². The number of hydrogen-bond donors (Lipinski definition) is 0. The first kappa shape index (κ1) is 11.3. The first-order chi connectivity index (χ1) is 7.61. The number of hydrogen-bond acceptors (Lipinski definition) is 3. The largest absolute Gasteiger partial charge is 0.174 e. The molecular formula is C11H9Cl2N3. The minimum atomic E-state index is 0.174. The summed E-state index contributed by atoms with van der Waals surface area (Å²) in [6.45, 7) is 4.04. The highest BCUT2D eigenvalue weighted by atomic mass is 35.5. The highest BCUT2D eigenvalue weighted by molar-refractivity contribution is 6.42. The van der Waals surface area contributed by atoms with E-state index in [9.17, 15) is 0 Å². The predicted octanol–water partition coefficient (Wildman–Crippen LogP) is 3.46. The minimum absolute atomic E-state index is 0.174. The van der Waals surface area contributed by atoms with Gasteiger partial charge >= 0.3 is 0 Å². The molecule has 5 heteroatoms. The van der Waals surface area contributed by atoms with Crippen LogP contribution >= 0.6 is 23.2 Å². The van der Waals surface area contributed by atoms with Crippen molar-refractivity contribution in [2.45, 2.75) is 13.8 Å². The summed E-state index contributed by atoms with van der Waals surface area (Å²) in [5.41, 5.74) is 3.79. The molecule has 0 fully saturated rings. The number of nitrogens with zero attached hydrogens (tertiary/aromatic N) is 3. The summed E-state index contributed by atoms with van der Waals surface area (Å²) in [4.78, 5) is 0. The molecule has 0 saturated heterocycles. The van der Waals surface area contributed by atoms with Gasteiger partial charge in [-0.25, -0.2) is 0 Å². The summed E-state index contributed by atoms with van der Waals surface area (Å²) >= 11 is 11.9. The smallest absolute Gasteiger partial charge is 0.128 e. The lowest BCUT2D eigenvalue weighted by molar-refractivity contribution is 0.871. The quantitative estimate of drug-likeness (QED) is 0.782.